The van der Waals surface area contributed by atoms with E-state index in [-0.39, 0.29) is 6.10 Å². The lowest BCUT2D eigenvalue weighted by molar-refractivity contribution is 0.269. The van der Waals surface area contributed by atoms with Crippen LogP contribution in [0.1, 0.15) is 20.3 Å². The molecule has 0 saturated carbocycles. The fourth-order valence-corrected chi connectivity index (χ4v) is 1.33. The minimum Gasteiger partial charge on any atom is -0.487 e. The van der Waals surface area contributed by atoms with Crippen molar-refractivity contribution in [3.05, 3.63) is 54.3 Å². The highest BCUT2D eigenvalue weighted by Gasteiger charge is 1.99. The van der Waals surface area contributed by atoms with Crippen LogP contribution < -0.4 is 10.5 Å². The summed E-state index contributed by atoms with van der Waals surface area (Å²) in [5.41, 5.74) is 6.55. The van der Waals surface area contributed by atoms with Crippen LogP contribution in [0, 0.1) is 0 Å². The van der Waals surface area contributed by atoms with Crippen molar-refractivity contribution in [1.29, 1.82) is 0 Å². The second-order valence-electron chi connectivity index (χ2n) is 3.61. The minimum atomic E-state index is -0.0242. The number of hydrogen-bond acceptors (Lipinski definition) is 2. The molecule has 1 rings (SSSR count). The van der Waals surface area contributed by atoms with Gasteiger partial charge in [0.05, 0.1) is 0 Å². The molecule has 0 saturated heterocycles. The summed E-state index contributed by atoms with van der Waals surface area (Å²) in [6, 6.07) is 9.73. The van der Waals surface area contributed by atoms with Crippen LogP contribution in [0.25, 0.3) is 0 Å². The molecule has 0 bridgehead atoms. The van der Waals surface area contributed by atoms with Crippen LogP contribution in [-0.4, -0.2) is 6.10 Å². The number of ether oxygens (including phenoxy) is 1. The van der Waals surface area contributed by atoms with E-state index in [0.717, 1.165) is 17.9 Å². The molecule has 0 fully saturated rings. The molecule has 16 heavy (non-hydrogen) atoms. The number of rotatable bonds is 5. The Kier molecular flexibility index (Phi) is 5.20. The Morgan fingerprint density at radius 1 is 1.38 bits per heavy atom. The van der Waals surface area contributed by atoms with Gasteiger partial charge in [-0.05, 0) is 37.6 Å². The Morgan fingerprint density at radius 3 is 2.69 bits per heavy atom. The highest BCUT2D eigenvalue weighted by molar-refractivity contribution is 5.23. The van der Waals surface area contributed by atoms with Gasteiger partial charge in [-0.25, -0.2) is 0 Å². The summed E-state index contributed by atoms with van der Waals surface area (Å²) in [5, 5.41) is 0. The first-order valence-electron chi connectivity index (χ1n) is 5.58. The molecule has 1 atom stereocenters. The second-order valence-corrected chi connectivity index (χ2v) is 3.61. The molecule has 0 spiro atoms. The maximum atomic E-state index is 5.81. The molecule has 1 aromatic rings. The Balaban J connectivity index is 2.53. The molecule has 0 radical (unpaired) electrons. The SMILES string of the molecule is CC/C=C\C(N)=C/C(C)Oc1ccccc1. The van der Waals surface area contributed by atoms with Gasteiger partial charge in [0, 0.05) is 5.70 Å². The molecular formula is C14H19NO. The zero-order chi connectivity index (χ0) is 11.8. The van der Waals surface area contributed by atoms with Crippen molar-refractivity contribution in [3.63, 3.8) is 0 Å². The maximum Gasteiger partial charge on any atom is 0.120 e. The van der Waals surface area contributed by atoms with Crippen LogP contribution in [0.4, 0.5) is 0 Å². The lowest BCUT2D eigenvalue weighted by atomic mass is 10.2. The average Bonchev–Trinajstić information content (AvgIpc) is 2.27. The molecule has 1 unspecified atom stereocenters. The van der Waals surface area contributed by atoms with E-state index in [1.54, 1.807) is 0 Å². The van der Waals surface area contributed by atoms with E-state index in [0.29, 0.717) is 0 Å². The first kappa shape index (κ1) is 12.4. The fourth-order valence-electron chi connectivity index (χ4n) is 1.33. The summed E-state index contributed by atoms with van der Waals surface area (Å²) < 4.78 is 5.67. The van der Waals surface area contributed by atoms with Gasteiger partial charge in [0.15, 0.2) is 0 Å². The zero-order valence-electron chi connectivity index (χ0n) is 9.89. The van der Waals surface area contributed by atoms with Crippen molar-refractivity contribution in [1.82, 2.24) is 0 Å². The molecular weight excluding hydrogens is 198 g/mol. The molecule has 2 heteroatoms. The molecule has 2 N–H and O–H groups in total. The fraction of sp³-hybridized carbons (Fsp3) is 0.286. The van der Waals surface area contributed by atoms with E-state index in [1.807, 2.05) is 55.5 Å². The summed E-state index contributed by atoms with van der Waals surface area (Å²) in [4.78, 5) is 0. The number of hydrogen-bond donors (Lipinski definition) is 1. The molecule has 2 nitrogen and oxygen atoms in total. The maximum absolute atomic E-state index is 5.81. The van der Waals surface area contributed by atoms with E-state index in [1.165, 1.54) is 0 Å². The highest BCUT2D eigenvalue weighted by atomic mass is 16.5. The van der Waals surface area contributed by atoms with Gasteiger partial charge in [-0.3, -0.25) is 0 Å². The number of allylic oxidation sites excluding steroid dienone is 2. The lowest BCUT2D eigenvalue weighted by Crippen LogP contribution is -2.10. The highest BCUT2D eigenvalue weighted by Crippen LogP contribution is 2.11. The third kappa shape index (κ3) is 4.69. The predicted molar refractivity (Wildman–Crippen MR) is 68.2 cm³/mol. The van der Waals surface area contributed by atoms with Gasteiger partial charge in [0.25, 0.3) is 0 Å². The summed E-state index contributed by atoms with van der Waals surface area (Å²) in [5.74, 6) is 0.860. The van der Waals surface area contributed by atoms with Crippen molar-refractivity contribution in [3.8, 4) is 5.75 Å². The lowest BCUT2D eigenvalue weighted by Gasteiger charge is -2.11. The Labute approximate surface area is 97.4 Å². The predicted octanol–water partition coefficient (Wildman–Crippen LogP) is 3.26. The molecule has 0 aliphatic rings. The first-order valence-corrected chi connectivity index (χ1v) is 5.58. The topological polar surface area (TPSA) is 35.2 Å². The smallest absolute Gasteiger partial charge is 0.120 e. The van der Waals surface area contributed by atoms with Gasteiger partial charge in [0.2, 0.25) is 0 Å². The minimum absolute atomic E-state index is 0.0242. The molecule has 0 aliphatic carbocycles. The third-order valence-electron chi connectivity index (χ3n) is 2.04. The summed E-state index contributed by atoms with van der Waals surface area (Å²) >= 11 is 0. The van der Waals surface area contributed by atoms with E-state index >= 15 is 0 Å². The Bertz CT molecular complexity index is 354. The first-order chi connectivity index (χ1) is 7.72. The van der Waals surface area contributed by atoms with Crippen molar-refractivity contribution in [2.45, 2.75) is 26.4 Å². The van der Waals surface area contributed by atoms with E-state index in [4.69, 9.17) is 10.5 Å². The van der Waals surface area contributed by atoms with Crippen molar-refractivity contribution in [2.75, 3.05) is 0 Å². The van der Waals surface area contributed by atoms with Crippen molar-refractivity contribution in [2.24, 2.45) is 5.73 Å². The average molecular weight is 217 g/mol. The van der Waals surface area contributed by atoms with Gasteiger partial charge in [0.1, 0.15) is 11.9 Å². The summed E-state index contributed by atoms with van der Waals surface area (Å²) in [6.07, 6.45) is 6.80. The Morgan fingerprint density at radius 2 is 2.06 bits per heavy atom. The molecule has 86 valence electrons. The Hall–Kier alpha value is -1.70. The van der Waals surface area contributed by atoms with Crippen LogP contribution in [0.15, 0.2) is 54.3 Å². The van der Waals surface area contributed by atoms with Crippen LogP contribution >= 0.6 is 0 Å². The number of nitrogens with two attached hydrogens (primary N) is 1. The van der Waals surface area contributed by atoms with E-state index < -0.39 is 0 Å². The van der Waals surface area contributed by atoms with E-state index in [9.17, 15) is 0 Å². The van der Waals surface area contributed by atoms with E-state index in [2.05, 4.69) is 6.92 Å². The molecule has 0 heterocycles. The van der Waals surface area contributed by atoms with Gasteiger partial charge in [-0.15, -0.1) is 0 Å². The largest absolute Gasteiger partial charge is 0.487 e. The van der Waals surface area contributed by atoms with Crippen LogP contribution in [0.5, 0.6) is 5.75 Å². The quantitative estimate of drug-likeness (QED) is 0.768. The van der Waals surface area contributed by atoms with Gasteiger partial charge < -0.3 is 10.5 Å². The molecule has 0 aliphatic heterocycles. The number of benzene rings is 1. The van der Waals surface area contributed by atoms with Gasteiger partial charge in [-0.2, -0.15) is 0 Å². The van der Waals surface area contributed by atoms with Gasteiger partial charge in [-0.1, -0.05) is 31.2 Å². The summed E-state index contributed by atoms with van der Waals surface area (Å²) in [7, 11) is 0. The van der Waals surface area contributed by atoms with Crippen molar-refractivity contribution < 1.29 is 4.74 Å². The molecule has 0 amide bonds. The zero-order valence-corrected chi connectivity index (χ0v) is 9.89. The second kappa shape index (κ2) is 6.72. The standard InChI is InChI=1S/C14H19NO/c1-3-4-8-13(15)11-12(2)16-14-9-6-5-7-10-14/h4-12H,3,15H2,1-2H3/b8-4-,13-11+. The van der Waals surface area contributed by atoms with Gasteiger partial charge >= 0.3 is 0 Å². The number of para-hydroxylation sites is 1. The summed E-state index contributed by atoms with van der Waals surface area (Å²) in [6.45, 7) is 4.05. The van der Waals surface area contributed by atoms with Crippen LogP contribution in [-0.2, 0) is 0 Å². The molecule has 1 aromatic carbocycles. The van der Waals surface area contributed by atoms with Crippen LogP contribution in [0.2, 0.25) is 0 Å². The molecule has 0 aromatic heterocycles. The van der Waals surface area contributed by atoms with Crippen LogP contribution in [0.3, 0.4) is 0 Å². The monoisotopic (exact) mass is 217 g/mol. The third-order valence-corrected chi connectivity index (χ3v) is 2.04. The normalized spacial score (nSPS) is 14.0. The van der Waals surface area contributed by atoms with Crippen molar-refractivity contribution >= 4 is 0 Å².